The van der Waals surface area contributed by atoms with Gasteiger partial charge >= 0.3 is 6.18 Å². The van der Waals surface area contributed by atoms with E-state index in [1.165, 1.54) is 6.20 Å². The number of alkyl halides is 3. The van der Waals surface area contributed by atoms with Gasteiger partial charge in [0.2, 0.25) is 5.82 Å². The average Bonchev–Trinajstić information content (AvgIpc) is 2.87. The first-order chi connectivity index (χ1) is 6.55. The van der Waals surface area contributed by atoms with Gasteiger partial charge in [-0.25, -0.2) is 9.97 Å². The van der Waals surface area contributed by atoms with Crippen LogP contribution in [0.5, 0.6) is 0 Å². The van der Waals surface area contributed by atoms with Crippen LogP contribution in [0.1, 0.15) is 24.4 Å². The molecule has 0 aromatic carbocycles. The molecule has 0 aliphatic heterocycles. The van der Waals surface area contributed by atoms with E-state index in [1.807, 2.05) is 0 Å². The van der Waals surface area contributed by atoms with Crippen LogP contribution in [0.3, 0.4) is 0 Å². The summed E-state index contributed by atoms with van der Waals surface area (Å²) in [5, 5.41) is 0. The highest BCUT2D eigenvalue weighted by molar-refractivity contribution is 5.06. The standard InChI is InChI=1S/C9H9F3N2/c10-9(11,12)8-13-4-3-7(14-8)5-6-1-2-6/h3-4,6H,1-2,5H2. The van der Waals surface area contributed by atoms with Crippen molar-refractivity contribution in [3.63, 3.8) is 0 Å². The molecule has 14 heavy (non-hydrogen) atoms. The second-order valence-electron chi connectivity index (χ2n) is 3.52. The quantitative estimate of drug-likeness (QED) is 0.736. The van der Waals surface area contributed by atoms with Crippen molar-refractivity contribution in [2.75, 3.05) is 0 Å². The zero-order valence-corrected chi connectivity index (χ0v) is 7.38. The molecule has 0 radical (unpaired) electrons. The molecule has 2 nitrogen and oxygen atoms in total. The van der Waals surface area contributed by atoms with E-state index in [2.05, 4.69) is 9.97 Å². The molecule has 1 saturated carbocycles. The molecule has 0 saturated heterocycles. The maximum absolute atomic E-state index is 12.2. The molecule has 0 atom stereocenters. The SMILES string of the molecule is FC(F)(F)c1nccc(CC2CC2)n1. The molecule has 0 amide bonds. The summed E-state index contributed by atoms with van der Waals surface area (Å²) in [5.74, 6) is -0.498. The molecule has 0 bridgehead atoms. The van der Waals surface area contributed by atoms with Crippen LogP contribution in [-0.4, -0.2) is 9.97 Å². The van der Waals surface area contributed by atoms with Gasteiger partial charge in [0.15, 0.2) is 0 Å². The molecule has 1 heterocycles. The Kier molecular flexibility index (Phi) is 2.17. The molecule has 1 aliphatic rings. The van der Waals surface area contributed by atoms with Crippen LogP contribution in [0.4, 0.5) is 13.2 Å². The molecule has 76 valence electrons. The van der Waals surface area contributed by atoms with Gasteiger partial charge in [-0.3, -0.25) is 0 Å². The Bertz CT molecular complexity index is 331. The normalized spacial score (nSPS) is 17.1. The number of nitrogens with zero attached hydrogens (tertiary/aromatic N) is 2. The highest BCUT2D eigenvalue weighted by Gasteiger charge is 2.35. The minimum atomic E-state index is -4.43. The Balaban J connectivity index is 2.17. The van der Waals surface area contributed by atoms with Gasteiger partial charge < -0.3 is 0 Å². The van der Waals surface area contributed by atoms with E-state index in [4.69, 9.17) is 0 Å². The Hall–Kier alpha value is -1.13. The van der Waals surface area contributed by atoms with Crippen molar-refractivity contribution in [3.8, 4) is 0 Å². The topological polar surface area (TPSA) is 25.8 Å². The van der Waals surface area contributed by atoms with Crippen LogP contribution in [0.15, 0.2) is 12.3 Å². The maximum Gasteiger partial charge on any atom is 0.451 e. The minimum absolute atomic E-state index is 0.495. The molecular weight excluding hydrogens is 193 g/mol. The van der Waals surface area contributed by atoms with E-state index in [1.54, 1.807) is 6.07 Å². The summed E-state index contributed by atoms with van der Waals surface area (Å²) < 4.78 is 36.6. The van der Waals surface area contributed by atoms with E-state index in [0.29, 0.717) is 18.0 Å². The van der Waals surface area contributed by atoms with Crippen molar-refractivity contribution in [2.45, 2.75) is 25.4 Å². The summed E-state index contributed by atoms with van der Waals surface area (Å²) in [6, 6.07) is 1.55. The second-order valence-corrected chi connectivity index (χ2v) is 3.52. The summed E-state index contributed by atoms with van der Waals surface area (Å²) in [6.07, 6.45) is -0.407. The molecular formula is C9H9F3N2. The summed E-state index contributed by atoms with van der Waals surface area (Å²) in [5.41, 5.74) is 0.495. The summed E-state index contributed by atoms with van der Waals surface area (Å²) >= 11 is 0. The van der Waals surface area contributed by atoms with Crippen LogP contribution in [0.25, 0.3) is 0 Å². The molecule has 5 heteroatoms. The van der Waals surface area contributed by atoms with Crippen molar-refractivity contribution in [3.05, 3.63) is 23.8 Å². The predicted molar refractivity (Wildman–Crippen MR) is 43.5 cm³/mol. The van der Waals surface area contributed by atoms with Gasteiger partial charge in [-0.2, -0.15) is 13.2 Å². The van der Waals surface area contributed by atoms with Crippen LogP contribution in [0.2, 0.25) is 0 Å². The lowest BCUT2D eigenvalue weighted by Crippen LogP contribution is -2.12. The van der Waals surface area contributed by atoms with Crippen LogP contribution >= 0.6 is 0 Å². The third-order valence-corrected chi connectivity index (χ3v) is 2.16. The third kappa shape index (κ3) is 2.21. The Morgan fingerprint density at radius 1 is 1.36 bits per heavy atom. The van der Waals surface area contributed by atoms with Crippen LogP contribution in [-0.2, 0) is 12.6 Å². The van der Waals surface area contributed by atoms with Gasteiger partial charge in [0.25, 0.3) is 0 Å². The van der Waals surface area contributed by atoms with Crippen LogP contribution < -0.4 is 0 Å². The van der Waals surface area contributed by atoms with E-state index in [-0.39, 0.29) is 0 Å². The first-order valence-corrected chi connectivity index (χ1v) is 4.45. The van der Waals surface area contributed by atoms with E-state index in [0.717, 1.165) is 12.8 Å². The fourth-order valence-corrected chi connectivity index (χ4v) is 1.26. The van der Waals surface area contributed by atoms with Gasteiger partial charge in [0.1, 0.15) is 0 Å². The van der Waals surface area contributed by atoms with Crippen molar-refractivity contribution < 1.29 is 13.2 Å². The lowest BCUT2D eigenvalue weighted by Gasteiger charge is -2.05. The molecule has 1 aromatic heterocycles. The minimum Gasteiger partial charge on any atom is -0.233 e. The maximum atomic E-state index is 12.2. The summed E-state index contributed by atoms with van der Waals surface area (Å²) in [7, 11) is 0. The molecule has 0 unspecified atom stereocenters. The zero-order chi connectivity index (χ0) is 10.2. The first kappa shape index (κ1) is 9.43. The monoisotopic (exact) mass is 202 g/mol. The van der Waals surface area contributed by atoms with Crippen LogP contribution in [0, 0.1) is 5.92 Å². The molecule has 2 rings (SSSR count). The van der Waals surface area contributed by atoms with Crippen molar-refractivity contribution in [2.24, 2.45) is 5.92 Å². The highest BCUT2D eigenvalue weighted by Crippen LogP contribution is 2.32. The number of aromatic nitrogens is 2. The summed E-state index contributed by atoms with van der Waals surface area (Å²) in [4.78, 5) is 6.69. The number of halogens is 3. The Labute approximate surface area is 79.2 Å². The molecule has 1 fully saturated rings. The lowest BCUT2D eigenvalue weighted by molar-refractivity contribution is -0.145. The second kappa shape index (κ2) is 3.22. The molecule has 1 aliphatic carbocycles. The summed E-state index contributed by atoms with van der Waals surface area (Å²) in [6.45, 7) is 0. The molecule has 0 spiro atoms. The average molecular weight is 202 g/mol. The number of rotatable bonds is 2. The highest BCUT2D eigenvalue weighted by atomic mass is 19.4. The largest absolute Gasteiger partial charge is 0.451 e. The van der Waals surface area contributed by atoms with Gasteiger partial charge in [0, 0.05) is 11.9 Å². The predicted octanol–water partition coefficient (Wildman–Crippen LogP) is 2.45. The van der Waals surface area contributed by atoms with Gasteiger partial charge in [0.05, 0.1) is 0 Å². The smallest absolute Gasteiger partial charge is 0.233 e. The Morgan fingerprint density at radius 2 is 2.07 bits per heavy atom. The molecule has 1 aromatic rings. The third-order valence-electron chi connectivity index (χ3n) is 2.16. The Morgan fingerprint density at radius 3 is 2.64 bits per heavy atom. The van der Waals surface area contributed by atoms with E-state index < -0.39 is 12.0 Å². The first-order valence-electron chi connectivity index (χ1n) is 4.45. The van der Waals surface area contributed by atoms with Crippen molar-refractivity contribution >= 4 is 0 Å². The molecule has 0 N–H and O–H groups in total. The van der Waals surface area contributed by atoms with E-state index in [9.17, 15) is 13.2 Å². The van der Waals surface area contributed by atoms with Gasteiger partial charge in [-0.15, -0.1) is 0 Å². The number of hydrogen-bond acceptors (Lipinski definition) is 2. The lowest BCUT2D eigenvalue weighted by atomic mass is 10.2. The van der Waals surface area contributed by atoms with Gasteiger partial charge in [-0.1, -0.05) is 0 Å². The fraction of sp³-hybridized carbons (Fsp3) is 0.556. The van der Waals surface area contributed by atoms with Gasteiger partial charge in [-0.05, 0) is 31.2 Å². The fourth-order valence-electron chi connectivity index (χ4n) is 1.26. The van der Waals surface area contributed by atoms with Crippen molar-refractivity contribution in [1.82, 2.24) is 9.97 Å². The zero-order valence-electron chi connectivity index (χ0n) is 7.38. The van der Waals surface area contributed by atoms with E-state index >= 15 is 0 Å². The van der Waals surface area contributed by atoms with Crippen molar-refractivity contribution in [1.29, 1.82) is 0 Å². The number of hydrogen-bond donors (Lipinski definition) is 0.